The molecule has 0 aliphatic heterocycles. The number of hydrogen-bond acceptors (Lipinski definition) is 5. The summed E-state index contributed by atoms with van der Waals surface area (Å²) in [4.78, 5) is 44.6. The molecule has 1 rings (SSSR count). The molecule has 9 nitrogen and oxygen atoms in total. The average molecular weight is 338 g/mol. The summed E-state index contributed by atoms with van der Waals surface area (Å²) in [6.45, 7) is -0.655. The maximum Gasteiger partial charge on any atom is 0.408 e. The molecule has 9 heteroatoms. The Kier molecular flexibility index (Phi) is 7.76. The Hall–Kier alpha value is -3.10. The first kappa shape index (κ1) is 18.9. The molecule has 1 atom stereocenters. The van der Waals surface area contributed by atoms with Gasteiger partial charge in [0.25, 0.3) is 0 Å². The van der Waals surface area contributed by atoms with E-state index in [9.17, 15) is 19.2 Å². The highest BCUT2D eigenvalue weighted by Crippen LogP contribution is 2.03. The van der Waals surface area contributed by atoms with Crippen LogP contribution >= 0.6 is 0 Å². The molecule has 24 heavy (non-hydrogen) atoms. The third-order valence-electron chi connectivity index (χ3n) is 2.88. The predicted molar refractivity (Wildman–Crippen MR) is 81.1 cm³/mol. The number of ether oxygens (including phenoxy) is 1. The largest absolute Gasteiger partial charge is 0.481 e. The monoisotopic (exact) mass is 338 g/mol. The third kappa shape index (κ3) is 7.78. The number of benzene rings is 1. The smallest absolute Gasteiger partial charge is 0.408 e. The van der Waals surface area contributed by atoms with Crippen LogP contribution in [-0.2, 0) is 25.7 Å². The van der Waals surface area contributed by atoms with Gasteiger partial charge >= 0.3 is 18.0 Å². The zero-order valence-corrected chi connectivity index (χ0v) is 12.7. The van der Waals surface area contributed by atoms with E-state index in [1.54, 1.807) is 30.3 Å². The van der Waals surface area contributed by atoms with Crippen LogP contribution in [0.4, 0.5) is 4.79 Å². The SMILES string of the molecule is O=C(O)CC[C@@H](NC(=O)OCc1ccccc1)C(=O)NCC(=O)O. The van der Waals surface area contributed by atoms with Gasteiger partial charge in [-0.05, 0) is 12.0 Å². The number of alkyl carbamates (subject to hydrolysis) is 1. The molecule has 0 unspecified atom stereocenters. The van der Waals surface area contributed by atoms with E-state index in [0.29, 0.717) is 0 Å². The molecule has 0 radical (unpaired) electrons. The zero-order valence-electron chi connectivity index (χ0n) is 12.7. The molecule has 0 spiro atoms. The minimum Gasteiger partial charge on any atom is -0.481 e. The first-order valence-corrected chi connectivity index (χ1v) is 7.07. The van der Waals surface area contributed by atoms with Crippen LogP contribution in [0.5, 0.6) is 0 Å². The van der Waals surface area contributed by atoms with Crippen LogP contribution in [0.3, 0.4) is 0 Å². The van der Waals surface area contributed by atoms with Crippen molar-refractivity contribution in [3.63, 3.8) is 0 Å². The lowest BCUT2D eigenvalue weighted by Gasteiger charge is -2.17. The summed E-state index contributed by atoms with van der Waals surface area (Å²) in [5.41, 5.74) is 0.741. The van der Waals surface area contributed by atoms with Crippen molar-refractivity contribution in [1.29, 1.82) is 0 Å². The molecular formula is C15H18N2O7. The summed E-state index contributed by atoms with van der Waals surface area (Å²) in [6.07, 6.45) is -1.47. The van der Waals surface area contributed by atoms with Crippen molar-refractivity contribution >= 4 is 23.9 Å². The fourth-order valence-electron chi connectivity index (χ4n) is 1.73. The lowest BCUT2D eigenvalue weighted by atomic mass is 10.1. The molecule has 2 amide bonds. The summed E-state index contributed by atoms with van der Waals surface area (Å²) in [7, 11) is 0. The molecule has 1 aromatic carbocycles. The highest BCUT2D eigenvalue weighted by molar-refractivity contribution is 5.88. The Morgan fingerprint density at radius 2 is 1.71 bits per heavy atom. The summed E-state index contributed by atoms with van der Waals surface area (Å²) in [5, 5.41) is 21.5. The number of aliphatic carboxylic acids is 2. The van der Waals surface area contributed by atoms with Gasteiger partial charge in [-0.15, -0.1) is 0 Å². The quantitative estimate of drug-likeness (QED) is 0.509. The van der Waals surface area contributed by atoms with Crippen molar-refractivity contribution in [2.24, 2.45) is 0 Å². The van der Waals surface area contributed by atoms with E-state index in [0.717, 1.165) is 5.56 Å². The van der Waals surface area contributed by atoms with Gasteiger partial charge in [-0.1, -0.05) is 30.3 Å². The highest BCUT2D eigenvalue weighted by Gasteiger charge is 2.22. The van der Waals surface area contributed by atoms with Gasteiger partial charge in [-0.2, -0.15) is 0 Å². The van der Waals surface area contributed by atoms with Crippen LogP contribution in [0, 0.1) is 0 Å². The molecule has 4 N–H and O–H groups in total. The number of rotatable bonds is 9. The van der Waals surface area contributed by atoms with Gasteiger partial charge in [-0.25, -0.2) is 4.79 Å². The lowest BCUT2D eigenvalue weighted by Crippen LogP contribution is -2.48. The summed E-state index contributed by atoms with van der Waals surface area (Å²) in [5.74, 6) is -3.20. The third-order valence-corrected chi connectivity index (χ3v) is 2.88. The number of carboxylic acids is 2. The van der Waals surface area contributed by atoms with Crippen LogP contribution in [0.1, 0.15) is 18.4 Å². The first-order valence-electron chi connectivity index (χ1n) is 7.07. The van der Waals surface area contributed by atoms with Crippen LogP contribution in [0.2, 0.25) is 0 Å². The van der Waals surface area contributed by atoms with E-state index in [-0.39, 0.29) is 19.4 Å². The normalized spacial score (nSPS) is 11.2. The molecule has 0 fully saturated rings. The second kappa shape index (κ2) is 9.82. The van der Waals surface area contributed by atoms with Gasteiger partial charge in [0, 0.05) is 6.42 Å². The van der Waals surface area contributed by atoms with Crippen molar-refractivity contribution in [1.82, 2.24) is 10.6 Å². The van der Waals surface area contributed by atoms with Crippen molar-refractivity contribution in [3.05, 3.63) is 35.9 Å². The van der Waals surface area contributed by atoms with Crippen LogP contribution in [0.25, 0.3) is 0 Å². The van der Waals surface area contributed by atoms with Gasteiger partial charge < -0.3 is 25.6 Å². The Balaban J connectivity index is 2.55. The molecule has 0 aliphatic rings. The molecule has 130 valence electrons. The Morgan fingerprint density at radius 1 is 1.04 bits per heavy atom. The van der Waals surface area contributed by atoms with E-state index in [1.807, 2.05) is 0 Å². The van der Waals surface area contributed by atoms with Gasteiger partial charge in [-0.3, -0.25) is 14.4 Å². The molecule has 0 heterocycles. The zero-order chi connectivity index (χ0) is 17.9. The van der Waals surface area contributed by atoms with Gasteiger partial charge in [0.05, 0.1) is 0 Å². The van der Waals surface area contributed by atoms with E-state index in [1.165, 1.54) is 0 Å². The van der Waals surface area contributed by atoms with E-state index >= 15 is 0 Å². The number of hydrogen-bond donors (Lipinski definition) is 4. The molecule has 0 bridgehead atoms. The Bertz CT molecular complexity index is 589. The van der Waals surface area contributed by atoms with Crippen molar-refractivity contribution in [2.75, 3.05) is 6.54 Å². The maximum atomic E-state index is 11.8. The standard InChI is InChI=1S/C15H18N2O7/c18-12(19)7-6-11(14(22)16-8-13(20)21)17-15(23)24-9-10-4-2-1-3-5-10/h1-5,11H,6-9H2,(H,16,22)(H,17,23)(H,18,19)(H,20,21)/t11-/m1/s1. The second-order valence-corrected chi connectivity index (χ2v) is 4.80. The fourth-order valence-corrected chi connectivity index (χ4v) is 1.73. The molecule has 0 saturated carbocycles. The van der Waals surface area contributed by atoms with E-state index in [4.69, 9.17) is 14.9 Å². The van der Waals surface area contributed by atoms with Gasteiger partial charge in [0.15, 0.2) is 0 Å². The van der Waals surface area contributed by atoms with E-state index < -0.39 is 36.5 Å². The molecule has 0 saturated heterocycles. The predicted octanol–water partition coefficient (Wildman–Crippen LogP) is 0.347. The summed E-state index contributed by atoms with van der Waals surface area (Å²) in [6, 6.07) is 7.63. The molecule has 0 aromatic heterocycles. The number of amides is 2. The van der Waals surface area contributed by atoms with Crippen LogP contribution in [0.15, 0.2) is 30.3 Å². The molecule has 0 aliphatic carbocycles. The van der Waals surface area contributed by atoms with Crippen molar-refractivity contribution < 1.29 is 34.1 Å². The minimum atomic E-state index is -1.26. The topological polar surface area (TPSA) is 142 Å². The lowest BCUT2D eigenvalue weighted by molar-refractivity contribution is -0.139. The fraction of sp³-hybridized carbons (Fsp3) is 0.333. The maximum absolute atomic E-state index is 11.8. The number of nitrogens with one attached hydrogen (secondary N) is 2. The average Bonchev–Trinajstić information content (AvgIpc) is 2.55. The second-order valence-electron chi connectivity index (χ2n) is 4.80. The minimum absolute atomic E-state index is 0.0188. The first-order chi connectivity index (χ1) is 11.4. The van der Waals surface area contributed by atoms with Crippen LogP contribution in [-0.4, -0.2) is 46.7 Å². The van der Waals surface area contributed by atoms with Crippen molar-refractivity contribution in [2.45, 2.75) is 25.5 Å². The molecule has 1 aromatic rings. The highest BCUT2D eigenvalue weighted by atomic mass is 16.5. The number of carbonyl (C=O) groups excluding carboxylic acids is 2. The Labute approximate surface area is 137 Å². The van der Waals surface area contributed by atoms with Gasteiger partial charge in [0.2, 0.25) is 5.91 Å². The van der Waals surface area contributed by atoms with Gasteiger partial charge in [0.1, 0.15) is 19.2 Å². The molecular weight excluding hydrogens is 320 g/mol. The summed E-state index contributed by atoms with van der Waals surface area (Å²) < 4.78 is 4.95. The van der Waals surface area contributed by atoms with Crippen molar-refractivity contribution in [3.8, 4) is 0 Å². The van der Waals surface area contributed by atoms with E-state index in [2.05, 4.69) is 10.6 Å². The summed E-state index contributed by atoms with van der Waals surface area (Å²) >= 11 is 0. The Morgan fingerprint density at radius 3 is 2.29 bits per heavy atom. The van der Waals surface area contributed by atoms with Crippen LogP contribution < -0.4 is 10.6 Å². The number of carboxylic acid groups (broad SMARTS) is 2. The number of carbonyl (C=O) groups is 4.